The first kappa shape index (κ1) is 13.5. The minimum Gasteiger partial charge on any atom is -0.407 e. The van der Waals surface area contributed by atoms with Crippen molar-refractivity contribution in [2.24, 2.45) is 0 Å². The van der Waals surface area contributed by atoms with Crippen LogP contribution in [0.5, 0.6) is 0 Å². The molecule has 1 aliphatic heterocycles. The van der Waals surface area contributed by atoms with Gasteiger partial charge in [0, 0.05) is 40.9 Å². The zero-order valence-corrected chi connectivity index (χ0v) is 11.9. The second-order valence-electron chi connectivity index (χ2n) is 5.42. The van der Waals surface area contributed by atoms with E-state index in [2.05, 4.69) is 36.3 Å². The molecule has 1 aromatic heterocycles. The summed E-state index contributed by atoms with van der Waals surface area (Å²) in [4.78, 5) is 2.00. The van der Waals surface area contributed by atoms with Gasteiger partial charge in [-0.15, -0.1) is 5.10 Å². The van der Waals surface area contributed by atoms with Gasteiger partial charge < -0.3 is 14.6 Å². The molecule has 1 aliphatic rings. The molecule has 0 saturated carbocycles. The summed E-state index contributed by atoms with van der Waals surface area (Å²) in [5.41, 5.74) is 0.0245. The molecule has 1 aromatic rings. The van der Waals surface area contributed by atoms with Crippen LogP contribution < -0.4 is 10.2 Å². The topological polar surface area (TPSA) is 71.3 Å². The van der Waals surface area contributed by atoms with Gasteiger partial charge in [0.1, 0.15) is 0 Å². The van der Waals surface area contributed by atoms with Gasteiger partial charge >= 0.3 is 6.01 Å². The number of aromatic nitrogens is 2. The van der Waals surface area contributed by atoms with Crippen molar-refractivity contribution in [2.75, 3.05) is 29.5 Å². The Morgan fingerprint density at radius 1 is 1.33 bits per heavy atom. The van der Waals surface area contributed by atoms with E-state index in [1.807, 2.05) is 4.90 Å². The molecule has 0 bridgehead atoms. The number of hydrogen-bond acceptors (Lipinski definition) is 6. The lowest BCUT2D eigenvalue weighted by Crippen LogP contribution is -2.37. The van der Waals surface area contributed by atoms with Crippen molar-refractivity contribution in [3.8, 4) is 0 Å². The van der Waals surface area contributed by atoms with Crippen LogP contribution in [0.2, 0.25) is 0 Å². The molecule has 2 heterocycles. The van der Waals surface area contributed by atoms with Gasteiger partial charge in [-0.3, -0.25) is 4.21 Å². The Bertz CT molecular complexity index is 417. The van der Waals surface area contributed by atoms with Gasteiger partial charge in [0.2, 0.25) is 5.89 Å². The average molecular weight is 272 g/mol. The molecule has 0 radical (unpaired) electrons. The molecule has 18 heavy (non-hydrogen) atoms. The highest BCUT2D eigenvalue weighted by atomic mass is 32.2. The smallest absolute Gasteiger partial charge is 0.318 e. The van der Waals surface area contributed by atoms with Crippen LogP contribution in [-0.4, -0.2) is 44.5 Å². The fourth-order valence-electron chi connectivity index (χ4n) is 1.61. The van der Waals surface area contributed by atoms with Crippen LogP contribution in [0.1, 0.15) is 26.7 Å². The number of nitrogens with one attached hydrogen (secondary N) is 1. The summed E-state index contributed by atoms with van der Waals surface area (Å²) in [6.07, 6.45) is 0. The van der Waals surface area contributed by atoms with Gasteiger partial charge in [0.25, 0.3) is 0 Å². The maximum absolute atomic E-state index is 11.3. The summed E-state index contributed by atoms with van der Waals surface area (Å²) < 4.78 is 16.9. The van der Waals surface area contributed by atoms with Crippen molar-refractivity contribution in [1.29, 1.82) is 0 Å². The molecule has 6 nitrogen and oxygen atoms in total. The number of rotatable bonds is 3. The Hall–Kier alpha value is -0.950. The highest BCUT2D eigenvalue weighted by Gasteiger charge is 2.20. The van der Waals surface area contributed by atoms with E-state index in [1.165, 1.54) is 0 Å². The van der Waals surface area contributed by atoms with Crippen LogP contribution in [0.25, 0.3) is 0 Å². The van der Waals surface area contributed by atoms with Crippen LogP contribution in [0.3, 0.4) is 0 Å². The maximum atomic E-state index is 11.3. The average Bonchev–Trinajstić information content (AvgIpc) is 2.75. The number of nitrogens with zero attached hydrogens (tertiary/aromatic N) is 3. The van der Waals surface area contributed by atoms with Gasteiger partial charge in [-0.2, -0.15) is 0 Å². The Morgan fingerprint density at radius 2 is 2.00 bits per heavy atom. The molecular weight excluding hydrogens is 252 g/mol. The van der Waals surface area contributed by atoms with Crippen LogP contribution in [0.4, 0.5) is 6.01 Å². The first-order valence-corrected chi connectivity index (χ1v) is 7.60. The van der Waals surface area contributed by atoms with E-state index in [0.717, 1.165) is 13.1 Å². The van der Waals surface area contributed by atoms with Crippen molar-refractivity contribution < 1.29 is 8.63 Å². The third kappa shape index (κ3) is 3.78. The Morgan fingerprint density at radius 3 is 2.61 bits per heavy atom. The van der Waals surface area contributed by atoms with Crippen molar-refractivity contribution in [2.45, 2.75) is 32.9 Å². The van der Waals surface area contributed by atoms with E-state index in [1.54, 1.807) is 0 Å². The summed E-state index contributed by atoms with van der Waals surface area (Å²) >= 11 is 0. The molecule has 0 aliphatic carbocycles. The first-order chi connectivity index (χ1) is 8.44. The summed E-state index contributed by atoms with van der Waals surface area (Å²) in [6.45, 7) is 8.27. The Balaban J connectivity index is 1.91. The minimum atomic E-state index is -0.687. The van der Waals surface area contributed by atoms with Gasteiger partial charge in [-0.25, -0.2) is 0 Å². The second-order valence-corrected chi connectivity index (χ2v) is 7.11. The lowest BCUT2D eigenvalue weighted by Gasteiger charge is -2.23. The fourth-order valence-corrected chi connectivity index (χ4v) is 2.67. The maximum Gasteiger partial charge on any atom is 0.318 e. The molecule has 2 rings (SSSR count). The normalized spacial score (nSPS) is 18.3. The highest BCUT2D eigenvalue weighted by molar-refractivity contribution is 7.85. The van der Waals surface area contributed by atoms with Crippen LogP contribution >= 0.6 is 0 Å². The van der Waals surface area contributed by atoms with Crippen molar-refractivity contribution in [1.82, 2.24) is 15.5 Å². The SMILES string of the molecule is CC(C)(C)NCc1nnc(N2CCS(=O)CC2)o1. The van der Waals surface area contributed by atoms with E-state index in [4.69, 9.17) is 4.42 Å². The van der Waals surface area contributed by atoms with E-state index in [0.29, 0.717) is 30.0 Å². The standard InChI is InChI=1S/C11H20N4O2S/c1-11(2,3)12-8-9-13-14-10(17-9)15-4-6-18(16)7-5-15/h12H,4-8H2,1-3H3. The van der Waals surface area contributed by atoms with E-state index < -0.39 is 10.8 Å². The van der Waals surface area contributed by atoms with Crippen molar-refractivity contribution in [3.63, 3.8) is 0 Å². The zero-order chi connectivity index (χ0) is 13.2. The lowest BCUT2D eigenvalue weighted by atomic mass is 10.1. The molecule has 1 fully saturated rings. The Kier molecular flexibility index (Phi) is 4.01. The number of hydrogen-bond donors (Lipinski definition) is 1. The van der Waals surface area contributed by atoms with Gasteiger partial charge in [0.15, 0.2) is 0 Å². The zero-order valence-electron chi connectivity index (χ0n) is 11.1. The summed E-state index contributed by atoms with van der Waals surface area (Å²) in [5, 5.41) is 11.4. The lowest BCUT2D eigenvalue weighted by molar-refractivity contribution is 0.381. The highest BCUT2D eigenvalue weighted by Crippen LogP contribution is 2.14. The predicted molar refractivity (Wildman–Crippen MR) is 71.0 cm³/mol. The van der Waals surface area contributed by atoms with Crippen LogP contribution in [-0.2, 0) is 17.3 Å². The van der Waals surface area contributed by atoms with Crippen molar-refractivity contribution in [3.05, 3.63) is 5.89 Å². The van der Waals surface area contributed by atoms with E-state index in [9.17, 15) is 4.21 Å². The Labute approximate surface area is 110 Å². The largest absolute Gasteiger partial charge is 0.407 e. The third-order valence-electron chi connectivity index (χ3n) is 2.67. The number of anilines is 1. The molecule has 0 atom stereocenters. The summed E-state index contributed by atoms with van der Waals surface area (Å²) in [6, 6.07) is 0.539. The van der Waals surface area contributed by atoms with Gasteiger partial charge in [0.05, 0.1) is 6.54 Å². The molecule has 0 aromatic carbocycles. The predicted octanol–water partition coefficient (Wildman–Crippen LogP) is 0.526. The molecule has 0 spiro atoms. The van der Waals surface area contributed by atoms with Gasteiger partial charge in [-0.05, 0) is 20.8 Å². The minimum absolute atomic E-state index is 0.0245. The third-order valence-corrected chi connectivity index (χ3v) is 3.95. The van der Waals surface area contributed by atoms with Gasteiger partial charge in [-0.1, -0.05) is 5.10 Å². The molecule has 0 unspecified atom stereocenters. The first-order valence-electron chi connectivity index (χ1n) is 6.11. The van der Waals surface area contributed by atoms with Crippen LogP contribution in [0, 0.1) is 0 Å². The van der Waals surface area contributed by atoms with E-state index >= 15 is 0 Å². The molecular formula is C11H20N4O2S. The molecule has 0 amide bonds. The summed E-state index contributed by atoms with van der Waals surface area (Å²) in [7, 11) is -0.687. The molecule has 7 heteroatoms. The second kappa shape index (κ2) is 5.36. The summed E-state index contributed by atoms with van der Waals surface area (Å²) in [5.74, 6) is 1.95. The monoisotopic (exact) mass is 272 g/mol. The van der Waals surface area contributed by atoms with Crippen molar-refractivity contribution >= 4 is 16.8 Å². The quantitative estimate of drug-likeness (QED) is 0.865. The van der Waals surface area contributed by atoms with E-state index in [-0.39, 0.29) is 5.54 Å². The fraction of sp³-hybridized carbons (Fsp3) is 0.818. The molecule has 102 valence electrons. The van der Waals surface area contributed by atoms with Crippen LogP contribution in [0.15, 0.2) is 4.42 Å². The molecule has 1 saturated heterocycles. The molecule has 1 N–H and O–H groups in total.